The molecule has 1 aliphatic rings. The fourth-order valence-electron chi connectivity index (χ4n) is 3.04. The van der Waals surface area contributed by atoms with Crippen molar-refractivity contribution < 1.29 is 23.9 Å². The number of nitrogens with one attached hydrogen (secondary N) is 2. The van der Waals surface area contributed by atoms with Crippen molar-refractivity contribution in [1.82, 2.24) is 10.3 Å². The van der Waals surface area contributed by atoms with Crippen LogP contribution in [-0.2, 0) is 14.4 Å². The van der Waals surface area contributed by atoms with E-state index in [4.69, 9.17) is 21.1 Å². The average molecular weight is 459 g/mol. The lowest BCUT2D eigenvalue weighted by Crippen LogP contribution is -2.32. The highest BCUT2D eigenvalue weighted by molar-refractivity contribution is 6.41. The van der Waals surface area contributed by atoms with Gasteiger partial charge in [-0.3, -0.25) is 14.4 Å². The topological polar surface area (TPSA) is 109 Å². The molecule has 0 aliphatic carbocycles. The average Bonchev–Trinajstić information content (AvgIpc) is 3.34. The summed E-state index contributed by atoms with van der Waals surface area (Å²) in [7, 11) is 1.48. The molecule has 0 bridgehead atoms. The third kappa shape index (κ3) is 6.21. The Labute approximate surface area is 190 Å². The van der Waals surface area contributed by atoms with Crippen molar-refractivity contribution in [3.63, 3.8) is 0 Å². The molecule has 0 radical (unpaired) electrons. The van der Waals surface area contributed by atoms with Crippen LogP contribution in [0.15, 0.2) is 47.6 Å². The molecular weight excluding hydrogens is 436 g/mol. The lowest BCUT2D eigenvalue weighted by Gasteiger charge is -2.16. The first-order chi connectivity index (χ1) is 15.5. The first kappa shape index (κ1) is 23.1. The third-order valence-electron chi connectivity index (χ3n) is 4.71. The molecule has 168 valence electrons. The number of para-hydroxylation sites is 1. The Morgan fingerprint density at radius 1 is 1.09 bits per heavy atom. The Hall–Kier alpha value is -3.59. The molecule has 2 aromatic carbocycles. The number of carbonyl (C=O) groups is 3. The summed E-state index contributed by atoms with van der Waals surface area (Å²) in [5, 5.41) is 6.50. The molecule has 0 saturated carbocycles. The number of anilines is 1. The van der Waals surface area contributed by atoms with Gasteiger partial charge in [-0.1, -0.05) is 23.7 Å². The van der Waals surface area contributed by atoms with E-state index in [1.54, 1.807) is 47.4 Å². The number of rotatable bonds is 7. The van der Waals surface area contributed by atoms with Crippen molar-refractivity contribution in [2.75, 3.05) is 32.1 Å². The number of hydrazone groups is 1. The number of carbonyl (C=O) groups excluding carboxylic acids is 3. The quantitative estimate of drug-likeness (QED) is 0.376. The second kappa shape index (κ2) is 11.1. The van der Waals surface area contributed by atoms with Gasteiger partial charge in [0, 0.05) is 13.1 Å². The highest BCUT2D eigenvalue weighted by Gasteiger charge is 2.19. The number of hydrogen-bond acceptors (Lipinski definition) is 6. The zero-order valence-corrected chi connectivity index (χ0v) is 18.2. The van der Waals surface area contributed by atoms with Gasteiger partial charge in [-0.25, -0.2) is 5.43 Å². The van der Waals surface area contributed by atoms with Crippen molar-refractivity contribution in [3.8, 4) is 11.5 Å². The molecule has 1 fully saturated rings. The Balaban J connectivity index is 1.53. The summed E-state index contributed by atoms with van der Waals surface area (Å²) in [6.45, 7) is 1.45. The van der Waals surface area contributed by atoms with Crippen molar-refractivity contribution in [2.45, 2.75) is 12.8 Å². The molecule has 0 atom stereocenters. The van der Waals surface area contributed by atoms with Crippen molar-refractivity contribution in [3.05, 3.63) is 53.1 Å². The standard InChI is InChI=1S/C22H23ClN4O5/c1-31-19-12-15(8-9-18(19)32-14-20(28)27-10-4-5-11-27)13-24-26-22(30)21(29)25-17-7-3-2-6-16(17)23/h2-3,6-9,12-13H,4-5,10-11,14H2,1H3,(H,25,29)(H,26,30)/b24-13-. The van der Waals surface area contributed by atoms with Crippen LogP contribution in [0, 0.1) is 0 Å². The van der Waals surface area contributed by atoms with Gasteiger partial charge < -0.3 is 19.7 Å². The Morgan fingerprint density at radius 2 is 1.84 bits per heavy atom. The van der Waals surface area contributed by atoms with Crippen molar-refractivity contribution >= 4 is 41.2 Å². The van der Waals surface area contributed by atoms with Gasteiger partial charge in [-0.15, -0.1) is 0 Å². The molecule has 9 nitrogen and oxygen atoms in total. The molecule has 0 spiro atoms. The number of nitrogens with zero attached hydrogens (tertiary/aromatic N) is 2. The zero-order chi connectivity index (χ0) is 22.9. The molecule has 1 heterocycles. The van der Waals surface area contributed by atoms with E-state index in [1.165, 1.54) is 13.3 Å². The molecule has 32 heavy (non-hydrogen) atoms. The van der Waals surface area contributed by atoms with Crippen molar-refractivity contribution in [2.24, 2.45) is 5.10 Å². The maximum absolute atomic E-state index is 12.1. The number of likely N-dealkylation sites (tertiary alicyclic amines) is 1. The number of ether oxygens (including phenoxy) is 2. The van der Waals surface area contributed by atoms with Gasteiger partial charge in [-0.2, -0.15) is 5.10 Å². The van der Waals surface area contributed by atoms with Gasteiger partial charge in [0.05, 0.1) is 24.0 Å². The Bertz CT molecular complexity index is 1020. The number of benzene rings is 2. The normalized spacial score (nSPS) is 13.1. The van der Waals surface area contributed by atoms with Gasteiger partial charge in [0.1, 0.15) is 0 Å². The van der Waals surface area contributed by atoms with Crippen LogP contribution in [0.2, 0.25) is 5.02 Å². The van der Waals surface area contributed by atoms with Crippen LogP contribution < -0.4 is 20.2 Å². The molecule has 10 heteroatoms. The van der Waals surface area contributed by atoms with E-state index in [1.807, 2.05) is 0 Å². The SMILES string of the molecule is COc1cc(/C=N\NC(=O)C(=O)Nc2ccccc2Cl)ccc1OCC(=O)N1CCCC1. The summed E-state index contributed by atoms with van der Waals surface area (Å²) in [5.74, 6) is -1.09. The second-order valence-corrected chi connectivity index (χ2v) is 7.33. The van der Waals surface area contributed by atoms with Crippen molar-refractivity contribution in [1.29, 1.82) is 0 Å². The highest BCUT2D eigenvalue weighted by atomic mass is 35.5. The van der Waals surface area contributed by atoms with Gasteiger partial charge in [-0.05, 0) is 48.7 Å². The second-order valence-electron chi connectivity index (χ2n) is 6.92. The monoisotopic (exact) mass is 458 g/mol. The van der Waals surface area contributed by atoms with E-state index in [-0.39, 0.29) is 12.5 Å². The van der Waals surface area contributed by atoms with Crippen LogP contribution in [0.25, 0.3) is 0 Å². The minimum Gasteiger partial charge on any atom is -0.493 e. The molecular formula is C22H23ClN4O5. The van der Waals surface area contributed by atoms with E-state index in [9.17, 15) is 14.4 Å². The lowest BCUT2D eigenvalue weighted by atomic mass is 10.2. The van der Waals surface area contributed by atoms with Crippen LogP contribution in [0.3, 0.4) is 0 Å². The minimum atomic E-state index is -0.950. The van der Waals surface area contributed by atoms with Crippen LogP contribution in [0.5, 0.6) is 11.5 Å². The Morgan fingerprint density at radius 3 is 2.56 bits per heavy atom. The first-order valence-corrected chi connectivity index (χ1v) is 10.3. The van der Waals surface area contributed by atoms with E-state index >= 15 is 0 Å². The molecule has 1 aliphatic heterocycles. The van der Waals surface area contributed by atoms with E-state index in [2.05, 4.69) is 15.8 Å². The van der Waals surface area contributed by atoms with Gasteiger partial charge in [0.25, 0.3) is 5.91 Å². The third-order valence-corrected chi connectivity index (χ3v) is 5.04. The maximum atomic E-state index is 12.1. The van der Waals surface area contributed by atoms with Crippen LogP contribution in [0.4, 0.5) is 5.69 Å². The molecule has 2 N–H and O–H groups in total. The maximum Gasteiger partial charge on any atom is 0.329 e. The van der Waals surface area contributed by atoms with Crippen LogP contribution in [0.1, 0.15) is 18.4 Å². The number of amides is 3. The summed E-state index contributed by atoms with van der Waals surface area (Å²) < 4.78 is 10.9. The van der Waals surface area contributed by atoms with Gasteiger partial charge in [0.15, 0.2) is 18.1 Å². The summed E-state index contributed by atoms with van der Waals surface area (Å²) in [4.78, 5) is 37.8. The zero-order valence-electron chi connectivity index (χ0n) is 17.5. The van der Waals surface area contributed by atoms with Crippen LogP contribution in [-0.4, -0.2) is 55.6 Å². The summed E-state index contributed by atoms with van der Waals surface area (Å²) in [6.07, 6.45) is 3.38. The van der Waals surface area contributed by atoms with E-state index in [0.29, 0.717) is 27.8 Å². The predicted molar refractivity (Wildman–Crippen MR) is 120 cm³/mol. The largest absolute Gasteiger partial charge is 0.493 e. The number of hydrogen-bond donors (Lipinski definition) is 2. The smallest absolute Gasteiger partial charge is 0.329 e. The fraction of sp³-hybridized carbons (Fsp3) is 0.273. The molecule has 3 amide bonds. The predicted octanol–water partition coefficient (Wildman–Crippen LogP) is 2.44. The minimum absolute atomic E-state index is 0.0621. The summed E-state index contributed by atoms with van der Waals surface area (Å²) >= 11 is 5.95. The lowest BCUT2D eigenvalue weighted by molar-refractivity contribution is -0.136. The molecule has 2 aromatic rings. The highest BCUT2D eigenvalue weighted by Crippen LogP contribution is 2.27. The van der Waals surface area contributed by atoms with E-state index < -0.39 is 11.8 Å². The number of halogens is 1. The molecule has 0 aromatic heterocycles. The fourth-order valence-corrected chi connectivity index (χ4v) is 3.22. The molecule has 0 unspecified atom stereocenters. The molecule has 3 rings (SSSR count). The van der Waals surface area contributed by atoms with Gasteiger partial charge >= 0.3 is 11.8 Å². The number of methoxy groups -OCH3 is 1. The van der Waals surface area contributed by atoms with Gasteiger partial charge in [0.2, 0.25) is 0 Å². The van der Waals surface area contributed by atoms with E-state index in [0.717, 1.165) is 25.9 Å². The van der Waals surface area contributed by atoms with Crippen LogP contribution >= 0.6 is 11.6 Å². The molecule has 1 saturated heterocycles. The summed E-state index contributed by atoms with van der Waals surface area (Å²) in [6, 6.07) is 11.5. The first-order valence-electron chi connectivity index (χ1n) is 9.95. The Kier molecular flexibility index (Phi) is 8.04. The summed E-state index contributed by atoms with van der Waals surface area (Å²) in [5.41, 5.74) is 3.06.